The summed E-state index contributed by atoms with van der Waals surface area (Å²) >= 11 is 0. The van der Waals surface area contributed by atoms with Crippen LogP contribution in [0.25, 0.3) is 11.3 Å². The molecule has 87 valence electrons. The number of hydrogen-bond acceptors (Lipinski definition) is 1. The van der Waals surface area contributed by atoms with E-state index in [1.54, 1.807) is 0 Å². The van der Waals surface area contributed by atoms with E-state index in [9.17, 15) is 8.78 Å². The second-order valence-corrected chi connectivity index (χ2v) is 4.28. The minimum atomic E-state index is -0.543. The second-order valence-electron chi connectivity index (χ2n) is 4.28. The first-order chi connectivity index (χ1) is 8.16. The molecule has 2 aromatic rings. The summed E-state index contributed by atoms with van der Waals surface area (Å²) < 4.78 is 29.0. The second kappa shape index (κ2) is 3.65. The Morgan fingerprint density at radius 3 is 2.94 bits per heavy atom. The highest BCUT2D eigenvalue weighted by Crippen LogP contribution is 2.27. The molecule has 0 atom stereocenters. The van der Waals surface area contributed by atoms with Crippen LogP contribution in [-0.4, -0.2) is 9.55 Å². The Morgan fingerprint density at radius 1 is 1.35 bits per heavy atom. The Labute approximate surface area is 97.9 Å². The van der Waals surface area contributed by atoms with Crippen LogP contribution in [0.5, 0.6) is 0 Å². The molecule has 0 spiro atoms. The predicted octanol–water partition coefficient (Wildman–Crippen LogP) is 2.88. The molecule has 0 amide bonds. The number of rotatable bonds is 1. The molecule has 0 saturated carbocycles. The standard InChI is InChI=1S/C13H11F2N2/c1-8-10(14)5-4-9(13(8)15)11-7-17-6-2-3-12(17)16-11/h4-5H,2-3,6H2,1H3. The molecule has 0 saturated heterocycles. The predicted molar refractivity (Wildman–Crippen MR) is 59.5 cm³/mol. The maximum Gasteiger partial charge on any atom is 0.138 e. The molecule has 1 aromatic heterocycles. The van der Waals surface area contributed by atoms with Gasteiger partial charge in [0.1, 0.15) is 23.2 Å². The maximum atomic E-state index is 13.9. The number of aryl methyl sites for hydroxylation is 2. The van der Waals surface area contributed by atoms with Gasteiger partial charge in [0.05, 0.1) is 6.20 Å². The molecule has 0 fully saturated rings. The van der Waals surface area contributed by atoms with Gasteiger partial charge in [-0.15, -0.1) is 0 Å². The van der Waals surface area contributed by atoms with Crippen molar-refractivity contribution in [1.29, 1.82) is 0 Å². The summed E-state index contributed by atoms with van der Waals surface area (Å²) in [5, 5.41) is 0. The maximum absolute atomic E-state index is 13.9. The van der Waals surface area contributed by atoms with Gasteiger partial charge in [0.15, 0.2) is 0 Å². The van der Waals surface area contributed by atoms with Crippen LogP contribution in [0.1, 0.15) is 17.8 Å². The highest BCUT2D eigenvalue weighted by molar-refractivity contribution is 5.60. The first kappa shape index (κ1) is 10.4. The molecule has 1 radical (unpaired) electrons. The summed E-state index contributed by atoms with van der Waals surface area (Å²) in [4.78, 5) is 4.34. The molecular weight excluding hydrogens is 222 g/mol. The van der Waals surface area contributed by atoms with E-state index in [1.807, 2.05) is 4.57 Å². The lowest BCUT2D eigenvalue weighted by atomic mass is 10.1. The number of imidazole rings is 1. The highest BCUT2D eigenvalue weighted by Gasteiger charge is 2.18. The molecule has 0 aliphatic carbocycles. The van der Waals surface area contributed by atoms with Crippen molar-refractivity contribution in [2.45, 2.75) is 26.3 Å². The molecule has 0 bridgehead atoms. The fraction of sp³-hybridized carbons (Fsp3) is 0.308. The van der Waals surface area contributed by atoms with Crippen LogP contribution < -0.4 is 0 Å². The Hall–Kier alpha value is -1.71. The minimum absolute atomic E-state index is 0.0315. The lowest BCUT2D eigenvalue weighted by Gasteiger charge is -2.03. The van der Waals surface area contributed by atoms with Crippen molar-refractivity contribution in [3.8, 4) is 11.3 Å². The van der Waals surface area contributed by atoms with Crippen LogP contribution in [0, 0.1) is 24.8 Å². The normalized spacial score (nSPS) is 14.1. The van der Waals surface area contributed by atoms with Crippen molar-refractivity contribution in [3.05, 3.63) is 41.4 Å². The molecule has 0 unspecified atom stereocenters. The quantitative estimate of drug-likeness (QED) is 0.740. The summed E-state index contributed by atoms with van der Waals surface area (Å²) in [6, 6.07) is 2.69. The van der Waals surface area contributed by atoms with Crippen LogP contribution in [0.3, 0.4) is 0 Å². The van der Waals surface area contributed by atoms with Gasteiger partial charge < -0.3 is 4.57 Å². The van der Waals surface area contributed by atoms with Gasteiger partial charge in [-0.25, -0.2) is 13.8 Å². The summed E-state index contributed by atoms with van der Waals surface area (Å²) in [5.41, 5.74) is 0.829. The smallest absolute Gasteiger partial charge is 0.138 e. The molecule has 4 heteroatoms. The largest absolute Gasteiger partial charge is 0.326 e. The summed E-state index contributed by atoms with van der Waals surface area (Å²) in [7, 11) is 0. The Kier molecular flexibility index (Phi) is 2.24. The van der Waals surface area contributed by atoms with Gasteiger partial charge in [-0.3, -0.25) is 0 Å². The summed E-state index contributed by atoms with van der Waals surface area (Å²) in [5.74, 6) is -0.141. The molecule has 2 heterocycles. The van der Waals surface area contributed by atoms with Crippen LogP contribution >= 0.6 is 0 Å². The zero-order chi connectivity index (χ0) is 12.0. The number of hydrogen-bond donors (Lipinski definition) is 0. The SMILES string of the molecule is Cc1c(F)ccc(-c2[c]n3c(n2)CCC3)c1F. The third-order valence-electron chi connectivity index (χ3n) is 3.15. The topological polar surface area (TPSA) is 17.8 Å². The van der Waals surface area contributed by atoms with Crippen LogP contribution in [-0.2, 0) is 13.0 Å². The fourth-order valence-corrected chi connectivity index (χ4v) is 2.14. The van der Waals surface area contributed by atoms with E-state index in [4.69, 9.17) is 0 Å². The highest BCUT2D eigenvalue weighted by atomic mass is 19.1. The number of benzene rings is 1. The van der Waals surface area contributed by atoms with E-state index < -0.39 is 11.6 Å². The van der Waals surface area contributed by atoms with Crippen molar-refractivity contribution in [1.82, 2.24) is 9.55 Å². The van der Waals surface area contributed by atoms with Gasteiger partial charge in [0, 0.05) is 24.1 Å². The fourth-order valence-electron chi connectivity index (χ4n) is 2.14. The molecule has 0 N–H and O–H groups in total. The Balaban J connectivity index is 2.12. The van der Waals surface area contributed by atoms with Gasteiger partial charge in [-0.2, -0.15) is 0 Å². The van der Waals surface area contributed by atoms with Crippen molar-refractivity contribution < 1.29 is 8.78 Å². The first-order valence-corrected chi connectivity index (χ1v) is 5.60. The van der Waals surface area contributed by atoms with Crippen LogP contribution in [0.2, 0.25) is 0 Å². The molecule has 17 heavy (non-hydrogen) atoms. The zero-order valence-electron chi connectivity index (χ0n) is 9.43. The Morgan fingerprint density at radius 2 is 2.18 bits per heavy atom. The van der Waals surface area contributed by atoms with Crippen molar-refractivity contribution in [2.75, 3.05) is 0 Å². The first-order valence-electron chi connectivity index (χ1n) is 5.60. The van der Waals surface area contributed by atoms with Gasteiger partial charge in [0.2, 0.25) is 0 Å². The lowest BCUT2D eigenvalue weighted by molar-refractivity contribution is 0.570. The molecule has 3 rings (SSSR count). The Bertz CT molecular complexity index is 566. The zero-order valence-corrected chi connectivity index (χ0v) is 9.43. The van der Waals surface area contributed by atoms with Gasteiger partial charge in [-0.1, -0.05) is 0 Å². The summed E-state index contributed by atoms with van der Waals surface area (Å²) in [6.07, 6.45) is 5.00. The number of nitrogens with zero attached hydrogens (tertiary/aromatic N) is 2. The van der Waals surface area contributed by atoms with E-state index in [-0.39, 0.29) is 5.56 Å². The van der Waals surface area contributed by atoms with Crippen molar-refractivity contribution in [2.24, 2.45) is 0 Å². The molecule has 1 aliphatic rings. The third-order valence-corrected chi connectivity index (χ3v) is 3.15. The van der Waals surface area contributed by atoms with Gasteiger partial charge >= 0.3 is 0 Å². The van der Waals surface area contributed by atoms with Crippen LogP contribution in [0.4, 0.5) is 8.78 Å². The number of fused-ring (bicyclic) bond motifs is 1. The summed E-state index contributed by atoms with van der Waals surface area (Å²) in [6.45, 7) is 2.31. The molecular formula is C13H11F2N2. The van der Waals surface area contributed by atoms with E-state index in [2.05, 4.69) is 11.2 Å². The van der Waals surface area contributed by atoms with Crippen LogP contribution in [0.15, 0.2) is 12.1 Å². The lowest BCUT2D eigenvalue weighted by Crippen LogP contribution is -1.93. The molecule has 1 aliphatic heterocycles. The van der Waals surface area contributed by atoms with E-state index in [0.717, 1.165) is 25.2 Å². The minimum Gasteiger partial charge on any atom is -0.326 e. The molecule has 1 aromatic carbocycles. The average Bonchev–Trinajstić information content (AvgIpc) is 2.86. The monoisotopic (exact) mass is 233 g/mol. The third kappa shape index (κ3) is 1.55. The van der Waals surface area contributed by atoms with E-state index >= 15 is 0 Å². The number of aromatic nitrogens is 2. The van der Waals surface area contributed by atoms with Crippen molar-refractivity contribution >= 4 is 0 Å². The average molecular weight is 233 g/mol. The van der Waals surface area contributed by atoms with Crippen molar-refractivity contribution in [3.63, 3.8) is 0 Å². The number of halogens is 2. The molecule has 2 nitrogen and oxygen atoms in total. The van der Waals surface area contributed by atoms with Gasteiger partial charge in [-0.05, 0) is 25.5 Å². The van der Waals surface area contributed by atoms with Gasteiger partial charge in [0.25, 0.3) is 0 Å². The van der Waals surface area contributed by atoms with E-state index in [0.29, 0.717) is 11.3 Å². The van der Waals surface area contributed by atoms with E-state index in [1.165, 1.54) is 19.1 Å².